The molecule has 1 aromatic heterocycles. The first-order chi connectivity index (χ1) is 14.3. The smallest absolute Gasteiger partial charge is 0.242 e. The van der Waals surface area contributed by atoms with Gasteiger partial charge in [0, 0.05) is 41.7 Å². The van der Waals surface area contributed by atoms with Crippen LogP contribution in [-0.4, -0.2) is 29.4 Å². The Kier molecular flexibility index (Phi) is 5.19. The molecule has 3 N–H and O–H groups in total. The summed E-state index contributed by atoms with van der Waals surface area (Å²) in [5, 5.41) is 5.40. The van der Waals surface area contributed by atoms with Crippen LogP contribution in [-0.2, 0) is 16.0 Å². The largest absolute Gasteiger partial charge is 0.354 e. The van der Waals surface area contributed by atoms with Gasteiger partial charge in [0.2, 0.25) is 11.8 Å². The van der Waals surface area contributed by atoms with Gasteiger partial charge in [-0.3, -0.25) is 9.59 Å². The van der Waals surface area contributed by atoms with E-state index in [1.54, 1.807) is 0 Å². The molecule has 2 aromatic carbocycles. The molecule has 30 heavy (non-hydrogen) atoms. The van der Waals surface area contributed by atoms with E-state index in [2.05, 4.69) is 15.6 Å². The zero-order valence-corrected chi connectivity index (χ0v) is 15.6. The van der Waals surface area contributed by atoms with Crippen molar-refractivity contribution in [1.29, 1.82) is 0 Å². The second-order valence-corrected chi connectivity index (χ2v) is 7.15. The molecule has 1 atom stereocenters. The van der Waals surface area contributed by atoms with E-state index in [1.807, 2.05) is 0 Å². The summed E-state index contributed by atoms with van der Waals surface area (Å²) in [7, 11) is 0. The third-order valence-electron chi connectivity index (χ3n) is 5.07. The van der Waals surface area contributed by atoms with Gasteiger partial charge in [-0.05, 0) is 36.6 Å². The predicted octanol–water partition coefficient (Wildman–Crippen LogP) is 3.33. The number of hydrogen-bond acceptors (Lipinski definition) is 2. The second-order valence-electron chi connectivity index (χ2n) is 7.15. The van der Waals surface area contributed by atoms with Crippen LogP contribution in [0.5, 0.6) is 0 Å². The van der Waals surface area contributed by atoms with Gasteiger partial charge in [-0.2, -0.15) is 0 Å². The normalized spacial score (nSPS) is 16.1. The van der Waals surface area contributed by atoms with E-state index in [4.69, 9.17) is 0 Å². The monoisotopic (exact) mass is 419 g/mol. The van der Waals surface area contributed by atoms with E-state index in [1.165, 1.54) is 0 Å². The first-order valence-corrected chi connectivity index (χ1v) is 9.35. The van der Waals surface area contributed by atoms with Crippen molar-refractivity contribution in [2.75, 3.05) is 6.54 Å². The van der Waals surface area contributed by atoms with Crippen LogP contribution in [0.3, 0.4) is 0 Å². The summed E-state index contributed by atoms with van der Waals surface area (Å²) in [5.74, 6) is -4.02. The van der Waals surface area contributed by atoms with Gasteiger partial charge < -0.3 is 15.6 Å². The van der Waals surface area contributed by atoms with Crippen LogP contribution in [0.2, 0.25) is 0 Å². The molecule has 0 radical (unpaired) electrons. The standard InChI is InChI=1S/C21H17F4N3O2/c22-11-5-10(6-12(23)7-11)19-14(15-8-13(24)9-16(25)20(15)28-19)1-2-18(29)27-17-3-4-26-21(17)30/h5-9,17,28H,1-4H2,(H,26,30)(H,27,29). The molecule has 1 saturated heterocycles. The van der Waals surface area contributed by atoms with Gasteiger partial charge in [-0.25, -0.2) is 17.6 Å². The van der Waals surface area contributed by atoms with Crippen LogP contribution < -0.4 is 10.6 Å². The molecular formula is C21H17F4N3O2. The van der Waals surface area contributed by atoms with Gasteiger partial charge in [-0.15, -0.1) is 0 Å². The Morgan fingerprint density at radius 2 is 1.73 bits per heavy atom. The van der Waals surface area contributed by atoms with Gasteiger partial charge in [0.1, 0.15) is 29.3 Å². The SMILES string of the molecule is O=C(CCc1c(-c2cc(F)cc(F)c2)[nH]c2c(F)cc(F)cc12)NC1CCNC1=O. The molecule has 2 amide bonds. The molecule has 1 aliphatic rings. The van der Waals surface area contributed by atoms with Crippen molar-refractivity contribution in [1.82, 2.24) is 15.6 Å². The number of aryl methyl sites for hydroxylation is 1. The third kappa shape index (κ3) is 3.87. The summed E-state index contributed by atoms with van der Waals surface area (Å²) < 4.78 is 55.6. The predicted molar refractivity (Wildman–Crippen MR) is 101 cm³/mol. The summed E-state index contributed by atoms with van der Waals surface area (Å²) in [6, 6.07) is 4.01. The first-order valence-electron chi connectivity index (χ1n) is 9.35. The van der Waals surface area contributed by atoms with Crippen LogP contribution in [0.4, 0.5) is 17.6 Å². The fraction of sp³-hybridized carbons (Fsp3) is 0.238. The van der Waals surface area contributed by atoms with Gasteiger partial charge in [-0.1, -0.05) is 0 Å². The Morgan fingerprint density at radius 3 is 2.40 bits per heavy atom. The molecule has 2 heterocycles. The molecule has 4 rings (SSSR count). The number of fused-ring (bicyclic) bond motifs is 1. The molecule has 0 bridgehead atoms. The molecule has 1 aliphatic heterocycles. The van der Waals surface area contributed by atoms with Gasteiger partial charge in [0.25, 0.3) is 0 Å². The maximum absolute atomic E-state index is 14.3. The number of benzene rings is 2. The van der Waals surface area contributed by atoms with Crippen molar-refractivity contribution in [3.63, 3.8) is 0 Å². The van der Waals surface area contributed by atoms with Gasteiger partial charge >= 0.3 is 0 Å². The topological polar surface area (TPSA) is 74.0 Å². The number of hydrogen-bond donors (Lipinski definition) is 3. The van der Waals surface area contributed by atoms with Crippen LogP contribution >= 0.6 is 0 Å². The van der Waals surface area contributed by atoms with E-state index in [9.17, 15) is 27.2 Å². The van der Waals surface area contributed by atoms with Gasteiger partial charge in [0.15, 0.2) is 0 Å². The van der Waals surface area contributed by atoms with Gasteiger partial charge in [0.05, 0.1) is 5.52 Å². The highest BCUT2D eigenvalue weighted by molar-refractivity contribution is 5.92. The van der Waals surface area contributed by atoms with Crippen molar-refractivity contribution in [3.8, 4) is 11.3 Å². The summed E-state index contributed by atoms with van der Waals surface area (Å²) in [6.07, 6.45) is 0.429. The lowest BCUT2D eigenvalue weighted by molar-refractivity contribution is -0.127. The molecular weight excluding hydrogens is 402 g/mol. The minimum Gasteiger partial charge on any atom is -0.354 e. The highest BCUT2D eigenvalue weighted by Gasteiger charge is 2.26. The summed E-state index contributed by atoms with van der Waals surface area (Å²) in [6.45, 7) is 0.472. The van der Waals surface area contributed by atoms with Crippen molar-refractivity contribution in [2.45, 2.75) is 25.3 Å². The lowest BCUT2D eigenvalue weighted by Crippen LogP contribution is -2.40. The number of carbonyl (C=O) groups excluding carboxylic acids is 2. The minimum absolute atomic E-state index is 0.0263. The first kappa shape index (κ1) is 19.9. The molecule has 0 aliphatic carbocycles. The number of aromatic amines is 1. The Labute approximate surface area is 168 Å². The molecule has 0 saturated carbocycles. The average molecular weight is 419 g/mol. The zero-order chi connectivity index (χ0) is 21.4. The number of halogens is 4. The Morgan fingerprint density at radius 1 is 1.03 bits per heavy atom. The minimum atomic E-state index is -0.860. The van der Waals surface area contributed by atoms with Crippen LogP contribution in [0.25, 0.3) is 22.2 Å². The summed E-state index contributed by atoms with van der Waals surface area (Å²) in [5.41, 5.74) is 0.620. The third-order valence-corrected chi connectivity index (χ3v) is 5.07. The van der Waals surface area contributed by atoms with Crippen molar-refractivity contribution in [2.24, 2.45) is 0 Å². The van der Waals surface area contributed by atoms with Crippen molar-refractivity contribution < 1.29 is 27.2 Å². The van der Waals surface area contributed by atoms with Crippen LogP contribution in [0.15, 0.2) is 30.3 Å². The quantitative estimate of drug-likeness (QED) is 0.555. The highest BCUT2D eigenvalue weighted by atomic mass is 19.1. The average Bonchev–Trinajstić information content (AvgIpc) is 3.23. The lowest BCUT2D eigenvalue weighted by atomic mass is 10.0. The Bertz CT molecular complexity index is 1140. The van der Waals surface area contributed by atoms with E-state index in [-0.39, 0.29) is 40.9 Å². The molecule has 0 spiro atoms. The molecule has 1 unspecified atom stereocenters. The van der Waals surface area contributed by atoms with E-state index < -0.39 is 35.2 Å². The van der Waals surface area contributed by atoms with Crippen LogP contribution in [0.1, 0.15) is 18.4 Å². The molecule has 156 valence electrons. The number of nitrogens with one attached hydrogen (secondary N) is 3. The number of rotatable bonds is 5. The van der Waals surface area contributed by atoms with Crippen molar-refractivity contribution >= 4 is 22.7 Å². The van der Waals surface area contributed by atoms with E-state index in [0.717, 1.165) is 18.2 Å². The maximum Gasteiger partial charge on any atom is 0.242 e. The van der Waals surface area contributed by atoms with Crippen molar-refractivity contribution in [3.05, 3.63) is 59.2 Å². The summed E-state index contributed by atoms with van der Waals surface area (Å²) >= 11 is 0. The molecule has 3 aromatic rings. The van der Waals surface area contributed by atoms with Crippen LogP contribution in [0, 0.1) is 23.3 Å². The lowest BCUT2D eigenvalue weighted by Gasteiger charge is -2.10. The fourth-order valence-electron chi connectivity index (χ4n) is 3.71. The molecule has 1 fully saturated rings. The summed E-state index contributed by atoms with van der Waals surface area (Å²) in [4.78, 5) is 26.7. The number of amides is 2. The van der Waals surface area contributed by atoms with E-state index in [0.29, 0.717) is 30.7 Å². The number of carbonyl (C=O) groups is 2. The number of aromatic nitrogens is 1. The second kappa shape index (κ2) is 7.81. The molecule has 9 heteroatoms. The fourth-order valence-corrected chi connectivity index (χ4v) is 3.71. The Balaban J connectivity index is 1.69. The Hall–Kier alpha value is -3.36. The zero-order valence-electron chi connectivity index (χ0n) is 15.6. The molecule has 5 nitrogen and oxygen atoms in total. The van der Waals surface area contributed by atoms with E-state index >= 15 is 0 Å². The highest BCUT2D eigenvalue weighted by Crippen LogP contribution is 2.34. The number of H-pyrrole nitrogens is 1. The maximum atomic E-state index is 14.3.